The number of rotatable bonds is 13. The standard InChI is InChI=1S/C18H27F2N3O5/c19-18(20)28-16-6-5-15(14-22-9-2-1-3-10-22)13-17(16)26-11-4-7-21-8-12-27-23(24)25/h5-6,13,18,21H,1-4,7-12,14H2. The summed E-state index contributed by atoms with van der Waals surface area (Å²) in [6.45, 7) is 1.08. The van der Waals surface area contributed by atoms with E-state index < -0.39 is 11.7 Å². The van der Waals surface area contributed by atoms with E-state index >= 15 is 0 Å². The molecule has 1 aliphatic heterocycles. The summed E-state index contributed by atoms with van der Waals surface area (Å²) in [5.74, 6) is 0.316. The summed E-state index contributed by atoms with van der Waals surface area (Å²) in [7, 11) is 0. The fraction of sp³-hybridized carbons (Fsp3) is 0.667. The smallest absolute Gasteiger partial charge is 0.387 e. The van der Waals surface area contributed by atoms with Crippen molar-refractivity contribution in [3.05, 3.63) is 33.9 Å². The largest absolute Gasteiger partial charge is 0.490 e. The molecule has 1 aromatic rings. The van der Waals surface area contributed by atoms with Crippen LogP contribution in [-0.2, 0) is 11.4 Å². The Balaban J connectivity index is 1.81. The number of hydrogen-bond acceptors (Lipinski definition) is 7. The predicted molar refractivity (Wildman–Crippen MR) is 98.1 cm³/mol. The van der Waals surface area contributed by atoms with Gasteiger partial charge in [0.2, 0.25) is 0 Å². The molecule has 1 aliphatic rings. The Bertz CT molecular complexity index is 601. The van der Waals surface area contributed by atoms with E-state index in [0.29, 0.717) is 31.9 Å². The molecule has 1 heterocycles. The van der Waals surface area contributed by atoms with Crippen LogP contribution in [0.2, 0.25) is 0 Å². The summed E-state index contributed by atoms with van der Waals surface area (Å²) >= 11 is 0. The van der Waals surface area contributed by atoms with Gasteiger partial charge in [0.05, 0.1) is 6.61 Å². The summed E-state index contributed by atoms with van der Waals surface area (Å²) in [6.07, 6.45) is 4.20. The molecule has 0 amide bonds. The molecule has 158 valence electrons. The highest BCUT2D eigenvalue weighted by atomic mass is 19.3. The Hall–Kier alpha value is -2.20. The summed E-state index contributed by atoms with van der Waals surface area (Å²) in [4.78, 5) is 16.5. The molecule has 0 bridgehead atoms. The number of nitrogens with zero attached hydrogens (tertiary/aromatic N) is 2. The van der Waals surface area contributed by atoms with Gasteiger partial charge in [0.1, 0.15) is 6.61 Å². The quantitative estimate of drug-likeness (QED) is 0.308. The van der Waals surface area contributed by atoms with Gasteiger partial charge in [-0.25, -0.2) is 0 Å². The Labute approximate surface area is 162 Å². The lowest BCUT2D eigenvalue weighted by atomic mass is 10.1. The number of ether oxygens (including phenoxy) is 2. The Morgan fingerprint density at radius 1 is 1.14 bits per heavy atom. The molecule has 0 radical (unpaired) electrons. The summed E-state index contributed by atoms with van der Waals surface area (Å²) < 4.78 is 35.5. The maximum absolute atomic E-state index is 12.6. The van der Waals surface area contributed by atoms with Crippen molar-refractivity contribution in [1.29, 1.82) is 0 Å². The fourth-order valence-electron chi connectivity index (χ4n) is 3.03. The van der Waals surface area contributed by atoms with Crippen LogP contribution in [0.3, 0.4) is 0 Å². The van der Waals surface area contributed by atoms with Crippen molar-refractivity contribution in [1.82, 2.24) is 10.2 Å². The van der Waals surface area contributed by atoms with Gasteiger partial charge in [-0.1, -0.05) is 12.5 Å². The molecule has 0 aromatic heterocycles. The van der Waals surface area contributed by atoms with Gasteiger partial charge in [-0.2, -0.15) is 8.78 Å². The fourth-order valence-corrected chi connectivity index (χ4v) is 3.03. The van der Waals surface area contributed by atoms with Gasteiger partial charge in [-0.05, 0) is 56.6 Å². The zero-order valence-electron chi connectivity index (χ0n) is 15.8. The number of hydrogen-bond donors (Lipinski definition) is 1. The zero-order chi connectivity index (χ0) is 20.2. The van der Waals surface area contributed by atoms with E-state index in [9.17, 15) is 18.9 Å². The van der Waals surface area contributed by atoms with Crippen LogP contribution in [0.25, 0.3) is 0 Å². The van der Waals surface area contributed by atoms with Crippen LogP contribution in [0.5, 0.6) is 11.5 Å². The molecule has 1 saturated heterocycles. The number of piperidine rings is 1. The summed E-state index contributed by atoms with van der Waals surface area (Å²) in [6, 6.07) is 5.06. The second-order valence-electron chi connectivity index (χ2n) is 6.51. The molecule has 0 aliphatic carbocycles. The van der Waals surface area contributed by atoms with E-state index in [1.807, 2.05) is 0 Å². The van der Waals surface area contributed by atoms with E-state index in [0.717, 1.165) is 25.2 Å². The van der Waals surface area contributed by atoms with Crippen LogP contribution < -0.4 is 14.8 Å². The van der Waals surface area contributed by atoms with Crippen LogP contribution in [0.15, 0.2) is 18.2 Å². The van der Waals surface area contributed by atoms with Crippen LogP contribution in [0, 0.1) is 10.1 Å². The number of likely N-dealkylation sites (tertiary alicyclic amines) is 1. The first kappa shape index (κ1) is 22.1. The maximum atomic E-state index is 12.6. The Kier molecular flexibility index (Phi) is 9.70. The van der Waals surface area contributed by atoms with Gasteiger partial charge < -0.3 is 19.6 Å². The number of nitrogens with one attached hydrogen (secondary N) is 1. The van der Waals surface area contributed by atoms with Gasteiger partial charge in [0.15, 0.2) is 11.5 Å². The lowest BCUT2D eigenvalue weighted by Gasteiger charge is -2.26. The molecule has 1 aromatic carbocycles. The van der Waals surface area contributed by atoms with E-state index in [-0.39, 0.29) is 12.4 Å². The molecular formula is C18H27F2N3O5. The van der Waals surface area contributed by atoms with Crippen molar-refractivity contribution < 1.29 is 28.2 Å². The minimum atomic E-state index is -2.92. The average molecular weight is 403 g/mol. The van der Waals surface area contributed by atoms with E-state index in [4.69, 9.17) is 4.74 Å². The van der Waals surface area contributed by atoms with Crippen molar-refractivity contribution in [2.75, 3.05) is 39.4 Å². The third-order valence-corrected chi connectivity index (χ3v) is 4.31. The van der Waals surface area contributed by atoms with Gasteiger partial charge >= 0.3 is 6.61 Å². The van der Waals surface area contributed by atoms with E-state index in [1.54, 1.807) is 12.1 Å². The number of halogens is 2. The van der Waals surface area contributed by atoms with E-state index in [2.05, 4.69) is 19.8 Å². The minimum absolute atomic E-state index is 0.0183. The molecule has 1 N–H and O–H groups in total. The highest BCUT2D eigenvalue weighted by Gasteiger charge is 2.15. The van der Waals surface area contributed by atoms with Gasteiger partial charge in [0.25, 0.3) is 5.09 Å². The molecule has 1 fully saturated rings. The van der Waals surface area contributed by atoms with Crippen molar-refractivity contribution in [3.8, 4) is 11.5 Å². The highest BCUT2D eigenvalue weighted by Crippen LogP contribution is 2.30. The maximum Gasteiger partial charge on any atom is 0.387 e. The molecule has 0 saturated carbocycles. The third-order valence-electron chi connectivity index (χ3n) is 4.31. The van der Waals surface area contributed by atoms with E-state index in [1.165, 1.54) is 25.3 Å². The molecular weight excluding hydrogens is 376 g/mol. The first-order valence-electron chi connectivity index (χ1n) is 9.45. The molecule has 0 atom stereocenters. The van der Waals surface area contributed by atoms with Gasteiger partial charge in [-0.3, -0.25) is 4.90 Å². The summed E-state index contributed by atoms with van der Waals surface area (Å²) in [5, 5.41) is 12.2. The molecule has 28 heavy (non-hydrogen) atoms. The Morgan fingerprint density at radius 2 is 1.93 bits per heavy atom. The van der Waals surface area contributed by atoms with Crippen molar-refractivity contribution in [2.45, 2.75) is 38.8 Å². The lowest BCUT2D eigenvalue weighted by Crippen LogP contribution is -2.29. The van der Waals surface area contributed by atoms with Gasteiger partial charge in [-0.15, -0.1) is 10.1 Å². The minimum Gasteiger partial charge on any atom is -0.490 e. The third kappa shape index (κ3) is 8.66. The van der Waals surface area contributed by atoms with Crippen LogP contribution in [0.1, 0.15) is 31.2 Å². The second kappa shape index (κ2) is 12.3. The molecule has 0 spiro atoms. The lowest BCUT2D eigenvalue weighted by molar-refractivity contribution is -0.757. The van der Waals surface area contributed by atoms with Crippen LogP contribution in [0.4, 0.5) is 8.78 Å². The van der Waals surface area contributed by atoms with Crippen LogP contribution >= 0.6 is 0 Å². The van der Waals surface area contributed by atoms with Crippen molar-refractivity contribution in [2.24, 2.45) is 0 Å². The first-order chi connectivity index (χ1) is 13.5. The topological polar surface area (TPSA) is 86.1 Å². The summed E-state index contributed by atoms with van der Waals surface area (Å²) in [5.41, 5.74) is 0.994. The molecule has 0 unspecified atom stereocenters. The van der Waals surface area contributed by atoms with Crippen molar-refractivity contribution in [3.63, 3.8) is 0 Å². The molecule has 10 heteroatoms. The highest BCUT2D eigenvalue weighted by molar-refractivity contribution is 5.43. The van der Waals surface area contributed by atoms with Gasteiger partial charge in [0, 0.05) is 13.1 Å². The van der Waals surface area contributed by atoms with Crippen LogP contribution in [-0.4, -0.2) is 56.0 Å². The number of alkyl halides is 2. The normalized spacial score (nSPS) is 14.8. The predicted octanol–water partition coefficient (Wildman–Crippen LogP) is 2.84. The Morgan fingerprint density at radius 3 is 2.64 bits per heavy atom. The second-order valence-corrected chi connectivity index (χ2v) is 6.51. The molecule has 8 nitrogen and oxygen atoms in total. The monoisotopic (exact) mass is 403 g/mol. The average Bonchev–Trinajstić information content (AvgIpc) is 2.66. The first-order valence-corrected chi connectivity index (χ1v) is 9.45. The SMILES string of the molecule is O=[N+]([O-])OCCNCCCOc1cc(CN2CCCCC2)ccc1OC(F)F. The zero-order valence-corrected chi connectivity index (χ0v) is 15.8. The van der Waals surface area contributed by atoms with Crippen molar-refractivity contribution >= 4 is 0 Å². The molecule has 2 rings (SSSR count). The number of benzene rings is 1.